The molecule has 1 saturated heterocycles. The molecular formula is C10H17BO2. The predicted octanol–water partition coefficient (Wildman–Crippen LogP) is 2.36. The van der Waals surface area contributed by atoms with Crippen molar-refractivity contribution in [3.05, 3.63) is 24.7 Å². The molecule has 1 heterocycles. The maximum absolute atomic E-state index is 5.72. The van der Waals surface area contributed by atoms with Crippen LogP contribution in [-0.4, -0.2) is 18.3 Å². The fourth-order valence-corrected chi connectivity index (χ4v) is 1.09. The summed E-state index contributed by atoms with van der Waals surface area (Å²) in [4.78, 5) is 0. The third kappa shape index (κ3) is 1.72. The Labute approximate surface area is 80.8 Å². The van der Waals surface area contributed by atoms with Crippen molar-refractivity contribution >= 4 is 7.12 Å². The minimum Gasteiger partial charge on any atom is -0.399 e. The van der Waals surface area contributed by atoms with Crippen LogP contribution in [0.15, 0.2) is 24.7 Å². The molecule has 0 radical (unpaired) electrons. The monoisotopic (exact) mass is 180 g/mol. The van der Waals surface area contributed by atoms with Crippen LogP contribution in [0.25, 0.3) is 0 Å². The molecule has 0 aliphatic carbocycles. The second-order valence-electron chi connectivity index (χ2n) is 4.37. The SMILES string of the molecule is C=CC(=C)B1OC(C)(C)C(C)(C)O1. The Hall–Kier alpha value is -0.535. The molecule has 72 valence electrons. The summed E-state index contributed by atoms with van der Waals surface area (Å²) in [5.74, 6) is 0. The molecule has 1 aliphatic rings. The van der Waals surface area contributed by atoms with E-state index in [0.717, 1.165) is 5.47 Å². The summed E-state index contributed by atoms with van der Waals surface area (Å²) in [6.45, 7) is 15.5. The van der Waals surface area contributed by atoms with Crippen LogP contribution in [0.4, 0.5) is 0 Å². The van der Waals surface area contributed by atoms with E-state index in [2.05, 4.69) is 13.2 Å². The third-order valence-electron chi connectivity index (χ3n) is 2.82. The van der Waals surface area contributed by atoms with Gasteiger partial charge in [-0.05, 0) is 33.2 Å². The molecule has 2 nitrogen and oxygen atoms in total. The van der Waals surface area contributed by atoms with Crippen molar-refractivity contribution in [3.8, 4) is 0 Å². The van der Waals surface area contributed by atoms with Gasteiger partial charge in [-0.1, -0.05) is 19.2 Å². The topological polar surface area (TPSA) is 18.5 Å². The van der Waals surface area contributed by atoms with Gasteiger partial charge in [-0.15, -0.1) is 0 Å². The highest BCUT2D eigenvalue weighted by Gasteiger charge is 2.51. The molecule has 0 aromatic rings. The average molecular weight is 180 g/mol. The van der Waals surface area contributed by atoms with Crippen LogP contribution >= 0.6 is 0 Å². The Morgan fingerprint density at radius 3 is 1.85 bits per heavy atom. The van der Waals surface area contributed by atoms with Crippen molar-refractivity contribution < 1.29 is 9.31 Å². The number of allylic oxidation sites excluding steroid dienone is 2. The van der Waals surface area contributed by atoms with Gasteiger partial charge in [0.05, 0.1) is 11.2 Å². The highest BCUT2D eigenvalue weighted by molar-refractivity contribution is 6.55. The van der Waals surface area contributed by atoms with E-state index in [9.17, 15) is 0 Å². The summed E-state index contributed by atoms with van der Waals surface area (Å²) in [7, 11) is -0.345. The molecule has 0 bridgehead atoms. The van der Waals surface area contributed by atoms with Crippen LogP contribution in [0.5, 0.6) is 0 Å². The van der Waals surface area contributed by atoms with Crippen LogP contribution < -0.4 is 0 Å². The lowest BCUT2D eigenvalue weighted by Crippen LogP contribution is -2.41. The van der Waals surface area contributed by atoms with E-state index < -0.39 is 0 Å². The van der Waals surface area contributed by atoms with E-state index in [4.69, 9.17) is 9.31 Å². The second-order valence-corrected chi connectivity index (χ2v) is 4.37. The van der Waals surface area contributed by atoms with Crippen molar-refractivity contribution in [2.24, 2.45) is 0 Å². The minimum atomic E-state index is -0.345. The van der Waals surface area contributed by atoms with E-state index in [1.165, 1.54) is 0 Å². The first-order chi connectivity index (χ1) is 5.80. The standard InChI is InChI=1S/C10H17BO2/c1-7-8(2)11-12-9(3,4)10(5,6)13-11/h7H,1-2H2,3-6H3. The molecule has 13 heavy (non-hydrogen) atoms. The van der Waals surface area contributed by atoms with E-state index >= 15 is 0 Å². The Bertz CT molecular complexity index is 227. The summed E-state index contributed by atoms with van der Waals surface area (Å²) >= 11 is 0. The van der Waals surface area contributed by atoms with Crippen LogP contribution in [0.2, 0.25) is 0 Å². The summed E-state index contributed by atoms with van der Waals surface area (Å²) < 4.78 is 11.4. The second kappa shape index (κ2) is 3.00. The van der Waals surface area contributed by atoms with Crippen molar-refractivity contribution in [1.82, 2.24) is 0 Å². The molecular weight excluding hydrogens is 163 g/mol. The van der Waals surface area contributed by atoms with Crippen molar-refractivity contribution in [3.63, 3.8) is 0 Å². The van der Waals surface area contributed by atoms with Gasteiger partial charge < -0.3 is 9.31 Å². The highest BCUT2D eigenvalue weighted by atomic mass is 16.7. The van der Waals surface area contributed by atoms with Gasteiger partial charge in [-0.25, -0.2) is 0 Å². The number of rotatable bonds is 2. The van der Waals surface area contributed by atoms with Crippen molar-refractivity contribution in [2.45, 2.75) is 38.9 Å². The van der Waals surface area contributed by atoms with Crippen LogP contribution in [0.1, 0.15) is 27.7 Å². The third-order valence-corrected chi connectivity index (χ3v) is 2.82. The molecule has 3 heteroatoms. The van der Waals surface area contributed by atoms with Gasteiger partial charge in [-0.2, -0.15) is 0 Å². The maximum Gasteiger partial charge on any atom is 0.494 e. The number of hydrogen-bond donors (Lipinski definition) is 0. The molecule has 1 fully saturated rings. The van der Waals surface area contributed by atoms with Crippen LogP contribution in [0, 0.1) is 0 Å². The molecule has 0 N–H and O–H groups in total. The molecule has 0 atom stereocenters. The van der Waals surface area contributed by atoms with Crippen LogP contribution in [0.3, 0.4) is 0 Å². The molecule has 0 amide bonds. The van der Waals surface area contributed by atoms with E-state index in [1.54, 1.807) is 6.08 Å². The first kappa shape index (κ1) is 10.5. The predicted molar refractivity (Wildman–Crippen MR) is 55.4 cm³/mol. The lowest BCUT2D eigenvalue weighted by atomic mass is 9.79. The fourth-order valence-electron chi connectivity index (χ4n) is 1.09. The maximum atomic E-state index is 5.72. The Kier molecular flexibility index (Phi) is 2.43. The molecule has 0 unspecified atom stereocenters. The zero-order valence-electron chi connectivity index (χ0n) is 8.89. The molecule has 0 saturated carbocycles. The highest BCUT2D eigenvalue weighted by Crippen LogP contribution is 2.38. The Balaban J connectivity index is 2.82. The number of hydrogen-bond acceptors (Lipinski definition) is 2. The van der Waals surface area contributed by atoms with Gasteiger partial charge in [-0.3, -0.25) is 0 Å². The van der Waals surface area contributed by atoms with Gasteiger partial charge in [0.2, 0.25) is 0 Å². The first-order valence-electron chi connectivity index (χ1n) is 4.47. The lowest BCUT2D eigenvalue weighted by molar-refractivity contribution is 0.00578. The lowest BCUT2D eigenvalue weighted by Gasteiger charge is -2.32. The van der Waals surface area contributed by atoms with Crippen LogP contribution in [-0.2, 0) is 9.31 Å². The normalized spacial score (nSPS) is 24.5. The van der Waals surface area contributed by atoms with E-state index in [-0.39, 0.29) is 18.3 Å². The van der Waals surface area contributed by atoms with E-state index in [1.807, 2.05) is 27.7 Å². The smallest absolute Gasteiger partial charge is 0.399 e. The summed E-state index contributed by atoms with van der Waals surface area (Å²) in [5.41, 5.74) is 0.200. The van der Waals surface area contributed by atoms with Gasteiger partial charge in [0.25, 0.3) is 0 Å². The molecule has 0 aromatic heterocycles. The van der Waals surface area contributed by atoms with Crippen molar-refractivity contribution in [2.75, 3.05) is 0 Å². The Morgan fingerprint density at radius 2 is 1.54 bits per heavy atom. The molecule has 0 aromatic carbocycles. The minimum absolute atomic E-state index is 0.288. The summed E-state index contributed by atoms with van der Waals surface area (Å²) in [6, 6.07) is 0. The average Bonchev–Trinajstić information content (AvgIpc) is 2.20. The van der Waals surface area contributed by atoms with Gasteiger partial charge >= 0.3 is 7.12 Å². The quantitative estimate of drug-likeness (QED) is 0.479. The van der Waals surface area contributed by atoms with Gasteiger partial charge in [0.15, 0.2) is 0 Å². The molecule has 0 spiro atoms. The zero-order chi connectivity index (χ0) is 10.3. The van der Waals surface area contributed by atoms with Gasteiger partial charge in [0.1, 0.15) is 0 Å². The molecule has 1 aliphatic heterocycles. The van der Waals surface area contributed by atoms with Gasteiger partial charge in [0, 0.05) is 0 Å². The van der Waals surface area contributed by atoms with E-state index in [0.29, 0.717) is 0 Å². The molecule has 1 rings (SSSR count). The largest absolute Gasteiger partial charge is 0.494 e. The Morgan fingerprint density at radius 1 is 1.15 bits per heavy atom. The first-order valence-corrected chi connectivity index (χ1v) is 4.47. The van der Waals surface area contributed by atoms with Crippen molar-refractivity contribution in [1.29, 1.82) is 0 Å². The summed E-state index contributed by atoms with van der Waals surface area (Å²) in [6.07, 6.45) is 1.67. The fraction of sp³-hybridized carbons (Fsp3) is 0.600. The summed E-state index contributed by atoms with van der Waals surface area (Å²) in [5, 5.41) is 0. The zero-order valence-corrected chi connectivity index (χ0v) is 8.89.